The van der Waals surface area contributed by atoms with Crippen molar-refractivity contribution in [2.45, 2.75) is 46.0 Å². The number of Topliss-reactive ketones (excluding diaryl/α,β-unsaturated/α-hetero) is 1. The number of nitrogens with one attached hydrogen (secondary N) is 2. The number of anilines is 1. The number of rotatable bonds is 9. The number of carboxylic acid groups (broad SMARTS) is 1. The van der Waals surface area contributed by atoms with Crippen LogP contribution in [0.1, 0.15) is 54.8 Å². The van der Waals surface area contributed by atoms with Crippen LogP contribution < -0.4 is 5.32 Å². The minimum absolute atomic E-state index is 0.105. The average Bonchev–Trinajstić information content (AvgIpc) is 3.51. The lowest BCUT2D eigenvalue weighted by molar-refractivity contribution is -0.207. The van der Waals surface area contributed by atoms with Crippen molar-refractivity contribution in [1.82, 2.24) is 14.8 Å². The van der Waals surface area contributed by atoms with Crippen LogP contribution >= 0.6 is 0 Å². The van der Waals surface area contributed by atoms with Gasteiger partial charge < -0.3 is 35.1 Å². The van der Waals surface area contributed by atoms with E-state index in [0.29, 0.717) is 29.6 Å². The van der Waals surface area contributed by atoms with Crippen molar-refractivity contribution in [3.63, 3.8) is 0 Å². The number of carbonyl (C=O) groups is 5. The highest BCUT2D eigenvalue weighted by Gasteiger charge is 2.32. The van der Waals surface area contributed by atoms with Gasteiger partial charge in [-0.05, 0) is 32.0 Å². The van der Waals surface area contributed by atoms with Crippen molar-refractivity contribution in [1.29, 1.82) is 0 Å². The molecule has 1 atom stereocenters. The maximum absolute atomic E-state index is 13.2. The molecule has 46 heavy (non-hydrogen) atoms. The third-order valence-electron chi connectivity index (χ3n) is 6.37. The number of H-pyrrole nitrogens is 1. The molecule has 12 nitrogen and oxygen atoms in total. The number of para-hydroxylation sites is 1. The summed E-state index contributed by atoms with van der Waals surface area (Å²) in [5.41, 5.74) is 1.24. The quantitative estimate of drug-likeness (QED) is 0.120. The second-order valence-electron chi connectivity index (χ2n) is 9.85. The van der Waals surface area contributed by atoms with E-state index in [1.54, 1.807) is 41.3 Å². The van der Waals surface area contributed by atoms with Crippen molar-refractivity contribution < 1.29 is 38.9 Å². The fraction of sp³-hybridized carbons (Fsp3) is 0.324. The number of hydrogen-bond acceptors (Lipinski definition) is 7. The smallest absolute Gasteiger partial charge is 0.306 e. The molecule has 1 aromatic heterocycles. The minimum atomic E-state index is -1.75. The number of carboxylic acids is 1. The highest BCUT2D eigenvalue weighted by atomic mass is 16.6. The number of aliphatic carboxylic acids is 1. The summed E-state index contributed by atoms with van der Waals surface area (Å²) in [7, 11) is 0. The number of hydrogen-bond donors (Lipinski definition) is 4. The van der Waals surface area contributed by atoms with Gasteiger partial charge in [0.2, 0.25) is 0 Å². The number of benzene rings is 2. The fourth-order valence-corrected chi connectivity index (χ4v) is 4.49. The van der Waals surface area contributed by atoms with Crippen LogP contribution in [0.2, 0.25) is 0 Å². The van der Waals surface area contributed by atoms with E-state index >= 15 is 0 Å². The van der Waals surface area contributed by atoms with Gasteiger partial charge in [0.1, 0.15) is 6.10 Å². The molecule has 0 aliphatic carbocycles. The standard InChI is InChI=1S/C28H30N4O8.C2H6.2C2H2/c1-28(2,39)40-21(15-22(33)34)25(36)30-20-10-6-9-18-19(16-29-23(18)20)24(35)27(38)32-13-11-31(12-14-32)26(37)17-7-4-3-5-8-17;3*1-2/h3-10,16,21,29,39H,11-15H2,1-2H3,(H,30,36)(H,33,34);1-2H3;2*1-2H/t21-;;;/m1.../s1. The van der Waals surface area contributed by atoms with Gasteiger partial charge in [0.05, 0.1) is 23.2 Å². The first kappa shape index (κ1) is 38.6. The van der Waals surface area contributed by atoms with Gasteiger partial charge >= 0.3 is 5.97 Å². The Balaban J connectivity index is 0.00000166. The number of aliphatic hydroxyl groups is 1. The average molecular weight is 633 g/mol. The zero-order valence-electron chi connectivity index (χ0n) is 26.4. The van der Waals surface area contributed by atoms with Gasteiger partial charge in [-0.15, -0.1) is 25.7 Å². The first-order chi connectivity index (χ1) is 21.9. The van der Waals surface area contributed by atoms with Gasteiger partial charge in [0.15, 0.2) is 5.79 Å². The van der Waals surface area contributed by atoms with Crippen molar-refractivity contribution in [3.05, 3.63) is 65.9 Å². The van der Waals surface area contributed by atoms with E-state index in [2.05, 4.69) is 36.0 Å². The molecule has 3 aromatic rings. The molecule has 4 N–H and O–H groups in total. The molecule has 0 unspecified atom stereocenters. The Morgan fingerprint density at radius 3 is 2.02 bits per heavy atom. The van der Waals surface area contributed by atoms with Gasteiger partial charge in [-0.1, -0.05) is 44.2 Å². The highest BCUT2D eigenvalue weighted by Crippen LogP contribution is 2.27. The van der Waals surface area contributed by atoms with E-state index in [1.807, 2.05) is 19.9 Å². The first-order valence-electron chi connectivity index (χ1n) is 14.3. The van der Waals surface area contributed by atoms with E-state index in [4.69, 9.17) is 9.84 Å². The second-order valence-corrected chi connectivity index (χ2v) is 9.85. The Kier molecular flexibility index (Phi) is 15.4. The Morgan fingerprint density at radius 1 is 0.913 bits per heavy atom. The van der Waals surface area contributed by atoms with Crippen LogP contribution in [0.25, 0.3) is 10.9 Å². The Morgan fingerprint density at radius 2 is 1.48 bits per heavy atom. The lowest BCUT2D eigenvalue weighted by atomic mass is 10.1. The monoisotopic (exact) mass is 632 g/mol. The largest absolute Gasteiger partial charge is 0.481 e. The molecule has 1 saturated heterocycles. The molecule has 0 spiro atoms. The predicted molar refractivity (Wildman–Crippen MR) is 175 cm³/mol. The van der Waals surface area contributed by atoms with E-state index in [0.717, 1.165) is 0 Å². The summed E-state index contributed by atoms with van der Waals surface area (Å²) in [6.45, 7) is 7.55. The van der Waals surface area contributed by atoms with Crippen molar-refractivity contribution in [3.8, 4) is 25.7 Å². The molecule has 3 amide bonds. The van der Waals surface area contributed by atoms with Gasteiger partial charge in [-0.25, -0.2) is 0 Å². The molecular formula is C34H40N4O8. The maximum Gasteiger partial charge on any atom is 0.306 e. The summed E-state index contributed by atoms with van der Waals surface area (Å²) >= 11 is 0. The maximum atomic E-state index is 13.2. The van der Waals surface area contributed by atoms with Gasteiger partial charge in [0.25, 0.3) is 23.5 Å². The van der Waals surface area contributed by atoms with E-state index in [-0.39, 0.29) is 30.2 Å². The van der Waals surface area contributed by atoms with Crippen LogP contribution in [-0.4, -0.2) is 92.5 Å². The molecule has 1 aliphatic rings. The Bertz CT molecular complexity index is 1520. The van der Waals surface area contributed by atoms with Crippen molar-refractivity contribution >= 4 is 46.1 Å². The summed E-state index contributed by atoms with van der Waals surface area (Å²) in [6.07, 6.45) is 15.2. The van der Waals surface area contributed by atoms with Crippen molar-refractivity contribution in [2.75, 3.05) is 31.5 Å². The van der Waals surface area contributed by atoms with Crippen LogP contribution in [-0.2, 0) is 19.1 Å². The molecule has 0 bridgehead atoms. The topological polar surface area (TPSA) is 169 Å². The van der Waals surface area contributed by atoms with Crippen LogP contribution in [0.4, 0.5) is 5.69 Å². The number of piperazine rings is 1. The number of aromatic amines is 1. The molecule has 2 heterocycles. The van der Waals surface area contributed by atoms with Gasteiger partial charge in [-0.2, -0.15) is 0 Å². The molecular weight excluding hydrogens is 592 g/mol. The van der Waals surface area contributed by atoms with Gasteiger partial charge in [-0.3, -0.25) is 24.0 Å². The third-order valence-corrected chi connectivity index (χ3v) is 6.37. The number of ether oxygens (including phenoxy) is 1. The van der Waals surface area contributed by atoms with Crippen LogP contribution in [0.5, 0.6) is 0 Å². The molecule has 1 fully saturated rings. The summed E-state index contributed by atoms with van der Waals surface area (Å²) in [5.74, 6) is -5.44. The van der Waals surface area contributed by atoms with Crippen LogP contribution in [0.15, 0.2) is 54.7 Å². The zero-order chi connectivity index (χ0) is 35.0. The Hall–Kier alpha value is -5.43. The van der Waals surface area contributed by atoms with E-state index < -0.39 is 41.9 Å². The number of fused-ring (bicyclic) bond motifs is 1. The predicted octanol–water partition coefficient (Wildman–Crippen LogP) is 3.39. The lowest BCUT2D eigenvalue weighted by Crippen LogP contribution is -2.52. The number of carbonyl (C=O) groups excluding carboxylic acids is 4. The van der Waals surface area contributed by atoms with E-state index in [1.165, 1.54) is 31.0 Å². The fourth-order valence-electron chi connectivity index (χ4n) is 4.49. The zero-order valence-corrected chi connectivity index (χ0v) is 26.4. The Labute approximate surface area is 268 Å². The number of aromatic nitrogens is 1. The molecule has 0 radical (unpaired) electrons. The molecule has 0 saturated carbocycles. The minimum Gasteiger partial charge on any atom is -0.481 e. The summed E-state index contributed by atoms with van der Waals surface area (Å²) < 4.78 is 5.21. The summed E-state index contributed by atoms with van der Waals surface area (Å²) in [6, 6.07) is 13.6. The number of ketones is 1. The molecule has 244 valence electrons. The number of amides is 3. The first-order valence-corrected chi connectivity index (χ1v) is 14.3. The number of nitrogens with zero attached hydrogens (tertiary/aromatic N) is 2. The van der Waals surface area contributed by atoms with E-state index in [9.17, 15) is 29.1 Å². The van der Waals surface area contributed by atoms with Crippen LogP contribution in [0.3, 0.4) is 0 Å². The summed E-state index contributed by atoms with van der Waals surface area (Å²) in [5, 5.41) is 22.0. The molecule has 12 heteroatoms. The normalized spacial score (nSPS) is 12.9. The SMILES string of the molecule is C#C.C#C.CC.CC(C)(O)O[C@H](CC(=O)O)C(=O)Nc1cccc2c(C(=O)C(=O)N3CCN(C(=O)c4ccccc4)CC3)c[nH]c12. The molecule has 4 rings (SSSR count). The summed E-state index contributed by atoms with van der Waals surface area (Å²) in [4.78, 5) is 68.9. The number of terminal acetylenes is 2. The lowest BCUT2D eigenvalue weighted by Gasteiger charge is -2.34. The van der Waals surface area contributed by atoms with Crippen molar-refractivity contribution in [2.24, 2.45) is 0 Å². The van der Waals surface area contributed by atoms with Crippen LogP contribution in [0, 0.1) is 25.7 Å². The molecule has 1 aliphatic heterocycles. The third kappa shape index (κ3) is 10.3. The second kappa shape index (κ2) is 18.4. The van der Waals surface area contributed by atoms with Gasteiger partial charge in [0, 0.05) is 43.3 Å². The molecule has 2 aromatic carbocycles. The highest BCUT2D eigenvalue weighted by molar-refractivity contribution is 6.45.